The van der Waals surface area contributed by atoms with Crippen LogP contribution in [0.4, 0.5) is 0 Å². The monoisotopic (exact) mass is 185 g/mol. The van der Waals surface area contributed by atoms with Crippen LogP contribution in [0, 0.1) is 0 Å². The maximum Gasteiger partial charge on any atom is 0.332 e. The third kappa shape index (κ3) is 8.92. The first kappa shape index (κ1) is 12.0. The zero-order valence-corrected chi connectivity index (χ0v) is 8.51. The first-order valence-electron chi connectivity index (χ1n) is 4.77. The Bertz CT molecular complexity index is 172. The van der Waals surface area contributed by atoms with Crippen molar-refractivity contribution in [3.8, 4) is 0 Å². The molecular weight excluding hydrogens is 166 g/mol. The third-order valence-corrected chi connectivity index (χ3v) is 1.59. The molecule has 13 heavy (non-hydrogen) atoms. The van der Waals surface area contributed by atoms with Gasteiger partial charge in [0, 0.05) is 11.8 Å². The average Bonchev–Trinajstić information content (AvgIpc) is 2.02. The van der Waals surface area contributed by atoms with Crippen LogP contribution in [0.3, 0.4) is 0 Å². The summed E-state index contributed by atoms with van der Waals surface area (Å²) in [6, 6.07) is 0. The highest BCUT2D eigenvalue weighted by Gasteiger charge is 1.96. The predicted molar refractivity (Wildman–Crippen MR) is 53.0 cm³/mol. The Labute approximate surface area is 79.9 Å². The summed E-state index contributed by atoms with van der Waals surface area (Å²) in [7, 11) is 0. The van der Waals surface area contributed by atoms with Gasteiger partial charge >= 0.3 is 5.97 Å². The molecule has 0 fully saturated rings. The molecule has 3 heteroatoms. The SMILES string of the molecule is CCCCCCOC(=O)C=C(C)N. The lowest BCUT2D eigenvalue weighted by atomic mass is 10.2. The third-order valence-electron chi connectivity index (χ3n) is 1.59. The number of hydrogen-bond acceptors (Lipinski definition) is 3. The summed E-state index contributed by atoms with van der Waals surface area (Å²) in [5.74, 6) is -0.337. The highest BCUT2D eigenvalue weighted by molar-refractivity contribution is 5.82. The zero-order valence-electron chi connectivity index (χ0n) is 8.51. The second kappa shape index (κ2) is 7.65. The molecule has 0 aliphatic heterocycles. The average molecular weight is 185 g/mol. The quantitative estimate of drug-likeness (QED) is 0.391. The first-order valence-corrected chi connectivity index (χ1v) is 4.77. The fourth-order valence-electron chi connectivity index (χ4n) is 0.929. The van der Waals surface area contributed by atoms with E-state index >= 15 is 0 Å². The highest BCUT2D eigenvalue weighted by Crippen LogP contribution is 1.99. The van der Waals surface area contributed by atoms with E-state index in [1.54, 1.807) is 6.92 Å². The van der Waals surface area contributed by atoms with Crippen LogP contribution in [-0.2, 0) is 9.53 Å². The molecule has 0 aliphatic carbocycles. The maximum absolute atomic E-state index is 10.9. The molecule has 0 saturated carbocycles. The standard InChI is InChI=1S/C10H19NO2/c1-3-4-5-6-7-13-10(12)8-9(2)11/h8H,3-7,11H2,1-2H3. The molecule has 0 aromatic carbocycles. The van der Waals surface area contributed by atoms with Gasteiger partial charge < -0.3 is 10.5 Å². The van der Waals surface area contributed by atoms with Crippen LogP contribution in [0.2, 0.25) is 0 Å². The molecular formula is C10H19NO2. The molecule has 0 aromatic rings. The molecule has 0 saturated heterocycles. The van der Waals surface area contributed by atoms with Crippen LogP contribution in [0.5, 0.6) is 0 Å². The molecule has 0 heterocycles. The van der Waals surface area contributed by atoms with Crippen molar-refractivity contribution in [3.63, 3.8) is 0 Å². The van der Waals surface area contributed by atoms with E-state index in [0.29, 0.717) is 12.3 Å². The second-order valence-electron chi connectivity index (χ2n) is 3.12. The minimum absolute atomic E-state index is 0.337. The van der Waals surface area contributed by atoms with Gasteiger partial charge in [-0.1, -0.05) is 26.2 Å². The van der Waals surface area contributed by atoms with Gasteiger partial charge in [0.25, 0.3) is 0 Å². The summed E-state index contributed by atoms with van der Waals surface area (Å²) in [6.07, 6.45) is 5.75. The molecule has 0 unspecified atom stereocenters. The van der Waals surface area contributed by atoms with Crippen molar-refractivity contribution in [2.24, 2.45) is 5.73 Å². The first-order chi connectivity index (χ1) is 6.16. The van der Waals surface area contributed by atoms with Crippen LogP contribution in [0.15, 0.2) is 11.8 Å². The number of ether oxygens (including phenoxy) is 1. The summed E-state index contributed by atoms with van der Waals surface area (Å²) in [6.45, 7) is 4.31. The molecule has 0 rings (SSSR count). The van der Waals surface area contributed by atoms with Crippen LogP contribution >= 0.6 is 0 Å². The summed E-state index contributed by atoms with van der Waals surface area (Å²) in [4.78, 5) is 10.9. The van der Waals surface area contributed by atoms with E-state index in [2.05, 4.69) is 6.92 Å². The zero-order chi connectivity index (χ0) is 10.1. The summed E-state index contributed by atoms with van der Waals surface area (Å²) in [5.41, 5.74) is 5.79. The van der Waals surface area contributed by atoms with Gasteiger partial charge in [-0.25, -0.2) is 4.79 Å². The highest BCUT2D eigenvalue weighted by atomic mass is 16.5. The van der Waals surface area contributed by atoms with Crippen LogP contribution in [-0.4, -0.2) is 12.6 Å². The van der Waals surface area contributed by atoms with Gasteiger partial charge in [-0.3, -0.25) is 0 Å². The van der Waals surface area contributed by atoms with Crippen molar-refractivity contribution in [2.75, 3.05) is 6.61 Å². The van der Waals surface area contributed by atoms with E-state index in [9.17, 15) is 4.79 Å². The van der Waals surface area contributed by atoms with E-state index in [1.807, 2.05) is 0 Å². The number of esters is 1. The topological polar surface area (TPSA) is 52.3 Å². The summed E-state index contributed by atoms with van der Waals surface area (Å²) >= 11 is 0. The Morgan fingerprint density at radius 1 is 1.38 bits per heavy atom. The van der Waals surface area contributed by atoms with E-state index in [1.165, 1.54) is 18.9 Å². The summed E-state index contributed by atoms with van der Waals surface area (Å²) in [5, 5.41) is 0. The van der Waals surface area contributed by atoms with Crippen molar-refractivity contribution in [1.29, 1.82) is 0 Å². The number of rotatable bonds is 6. The van der Waals surface area contributed by atoms with Crippen LogP contribution in [0.1, 0.15) is 39.5 Å². The van der Waals surface area contributed by atoms with Gasteiger partial charge in [0.05, 0.1) is 6.61 Å². The van der Waals surface area contributed by atoms with Gasteiger partial charge in [-0.15, -0.1) is 0 Å². The van der Waals surface area contributed by atoms with Gasteiger partial charge in [0.1, 0.15) is 0 Å². The van der Waals surface area contributed by atoms with Gasteiger partial charge in [0.2, 0.25) is 0 Å². The van der Waals surface area contributed by atoms with Crippen molar-refractivity contribution < 1.29 is 9.53 Å². The molecule has 2 N–H and O–H groups in total. The fourth-order valence-corrected chi connectivity index (χ4v) is 0.929. The lowest BCUT2D eigenvalue weighted by molar-refractivity contribution is -0.137. The minimum atomic E-state index is -0.337. The number of unbranched alkanes of at least 4 members (excludes halogenated alkanes) is 3. The van der Waals surface area contributed by atoms with E-state index in [-0.39, 0.29) is 5.97 Å². The predicted octanol–water partition coefficient (Wildman–Crippen LogP) is 1.97. The van der Waals surface area contributed by atoms with Crippen molar-refractivity contribution >= 4 is 5.97 Å². The van der Waals surface area contributed by atoms with Gasteiger partial charge in [-0.2, -0.15) is 0 Å². The van der Waals surface area contributed by atoms with Crippen LogP contribution < -0.4 is 5.73 Å². The largest absolute Gasteiger partial charge is 0.462 e. The number of nitrogens with two attached hydrogens (primary N) is 1. The van der Waals surface area contributed by atoms with E-state index in [4.69, 9.17) is 10.5 Å². The Morgan fingerprint density at radius 2 is 2.08 bits per heavy atom. The molecule has 0 bridgehead atoms. The molecule has 0 radical (unpaired) electrons. The summed E-state index contributed by atoms with van der Waals surface area (Å²) < 4.78 is 4.90. The van der Waals surface area contributed by atoms with Crippen LogP contribution in [0.25, 0.3) is 0 Å². The normalized spacial score (nSPS) is 11.4. The van der Waals surface area contributed by atoms with Crippen molar-refractivity contribution in [3.05, 3.63) is 11.8 Å². The number of allylic oxidation sites excluding steroid dienone is 1. The Hall–Kier alpha value is -0.990. The number of hydrogen-bond donors (Lipinski definition) is 1. The Balaban J connectivity index is 3.33. The van der Waals surface area contributed by atoms with E-state index < -0.39 is 0 Å². The maximum atomic E-state index is 10.9. The number of carbonyl (C=O) groups excluding carboxylic acids is 1. The molecule has 3 nitrogen and oxygen atoms in total. The Morgan fingerprint density at radius 3 is 2.62 bits per heavy atom. The molecule has 76 valence electrons. The molecule has 0 aromatic heterocycles. The van der Waals surface area contributed by atoms with Gasteiger partial charge in [0.15, 0.2) is 0 Å². The number of carbonyl (C=O) groups is 1. The minimum Gasteiger partial charge on any atom is -0.462 e. The lowest BCUT2D eigenvalue weighted by Crippen LogP contribution is -2.05. The van der Waals surface area contributed by atoms with Gasteiger partial charge in [-0.05, 0) is 13.3 Å². The fraction of sp³-hybridized carbons (Fsp3) is 0.700. The van der Waals surface area contributed by atoms with Crippen molar-refractivity contribution in [1.82, 2.24) is 0 Å². The smallest absolute Gasteiger partial charge is 0.332 e. The molecule has 0 spiro atoms. The van der Waals surface area contributed by atoms with E-state index in [0.717, 1.165) is 12.8 Å². The molecule has 0 atom stereocenters. The Kier molecular flexibility index (Phi) is 7.07. The lowest BCUT2D eigenvalue weighted by Gasteiger charge is -2.01. The molecule has 0 amide bonds. The second-order valence-corrected chi connectivity index (χ2v) is 3.12. The van der Waals surface area contributed by atoms with Crippen molar-refractivity contribution in [2.45, 2.75) is 39.5 Å². The molecule has 0 aliphatic rings.